The first-order valence-corrected chi connectivity index (χ1v) is 12.6. The smallest absolute Gasteiger partial charge is 0.321 e. The van der Waals surface area contributed by atoms with Crippen LogP contribution in [0.1, 0.15) is 67.4 Å². The number of nitrogens with one attached hydrogen (secondary N) is 2. The molecule has 0 radical (unpaired) electrons. The van der Waals surface area contributed by atoms with Crippen LogP contribution in [-0.2, 0) is 11.3 Å². The number of benzene rings is 1. The number of piperidine rings is 1. The van der Waals surface area contributed by atoms with Gasteiger partial charge >= 0.3 is 6.03 Å². The molecule has 8 nitrogen and oxygen atoms in total. The van der Waals surface area contributed by atoms with Crippen LogP contribution < -0.4 is 16.2 Å². The normalized spacial score (nSPS) is 21.7. The Morgan fingerprint density at radius 1 is 0.886 bits per heavy atom. The number of fused-ring (bicyclic) bond motifs is 4. The average molecular weight is 477 g/mol. The van der Waals surface area contributed by atoms with Gasteiger partial charge in [0.15, 0.2) is 5.78 Å². The summed E-state index contributed by atoms with van der Waals surface area (Å²) in [6, 6.07) is 10.4. The molecule has 2 atom stereocenters. The predicted octanol–water partition coefficient (Wildman–Crippen LogP) is 4.22. The molecule has 5 rings (SSSR count). The van der Waals surface area contributed by atoms with E-state index in [-0.39, 0.29) is 41.0 Å². The maximum absolute atomic E-state index is 13.2. The first-order chi connectivity index (χ1) is 16.9. The molecule has 1 saturated heterocycles. The topological polar surface area (TPSA) is 101 Å². The van der Waals surface area contributed by atoms with Crippen molar-refractivity contribution >= 4 is 29.1 Å². The van der Waals surface area contributed by atoms with E-state index in [0.29, 0.717) is 36.6 Å². The molecule has 3 aliphatic rings. The zero-order valence-corrected chi connectivity index (χ0v) is 20.1. The Labute approximate surface area is 204 Å². The molecule has 1 aromatic heterocycles. The monoisotopic (exact) mass is 476 g/mol. The Bertz CT molecular complexity index is 1200. The van der Waals surface area contributed by atoms with Crippen LogP contribution in [0.4, 0.5) is 16.2 Å². The number of carbonyl (C=O) groups is 3. The van der Waals surface area contributed by atoms with Crippen molar-refractivity contribution in [3.05, 3.63) is 58.0 Å². The summed E-state index contributed by atoms with van der Waals surface area (Å²) in [5, 5.41) is 5.82. The van der Waals surface area contributed by atoms with Crippen LogP contribution in [0.2, 0.25) is 0 Å². The van der Waals surface area contributed by atoms with Crippen LogP contribution in [0.5, 0.6) is 0 Å². The molecule has 2 aliphatic heterocycles. The second kappa shape index (κ2) is 9.68. The fraction of sp³-hybridized carbons (Fsp3) is 0.481. The largest absolute Gasteiger partial charge is 0.324 e. The number of likely N-dealkylation sites (tertiary alicyclic amines) is 1. The fourth-order valence-corrected chi connectivity index (χ4v) is 5.80. The van der Waals surface area contributed by atoms with E-state index in [1.54, 1.807) is 34.9 Å². The Morgan fingerprint density at radius 2 is 1.63 bits per heavy atom. The number of aromatic nitrogens is 1. The molecule has 0 unspecified atom stereocenters. The maximum Gasteiger partial charge on any atom is 0.321 e. The summed E-state index contributed by atoms with van der Waals surface area (Å²) in [5.41, 5.74) is 2.38. The molecule has 3 heterocycles. The van der Waals surface area contributed by atoms with Gasteiger partial charge in [0.2, 0.25) is 5.91 Å². The lowest BCUT2D eigenvalue weighted by Crippen LogP contribution is -2.50. The van der Waals surface area contributed by atoms with E-state index in [1.165, 1.54) is 13.3 Å². The quantitative estimate of drug-likeness (QED) is 0.645. The van der Waals surface area contributed by atoms with Crippen LogP contribution in [0.15, 0.2) is 41.2 Å². The van der Waals surface area contributed by atoms with Crippen LogP contribution in [0, 0.1) is 11.8 Å². The van der Waals surface area contributed by atoms with E-state index in [9.17, 15) is 19.2 Å². The van der Waals surface area contributed by atoms with Crippen LogP contribution in [0.25, 0.3) is 0 Å². The highest BCUT2D eigenvalue weighted by molar-refractivity contribution is 5.95. The van der Waals surface area contributed by atoms with Crippen molar-refractivity contribution in [1.82, 2.24) is 9.47 Å². The number of carbonyl (C=O) groups excluding carboxylic acids is 3. The van der Waals surface area contributed by atoms with Crippen molar-refractivity contribution in [3.8, 4) is 0 Å². The fourth-order valence-electron chi connectivity index (χ4n) is 5.80. The maximum atomic E-state index is 13.2. The number of hydrogen-bond acceptors (Lipinski definition) is 4. The minimum atomic E-state index is -0.178. The van der Waals surface area contributed by atoms with Crippen molar-refractivity contribution in [2.24, 2.45) is 11.8 Å². The van der Waals surface area contributed by atoms with E-state index in [4.69, 9.17) is 0 Å². The van der Waals surface area contributed by atoms with Gasteiger partial charge in [-0.3, -0.25) is 14.4 Å². The second-order valence-corrected chi connectivity index (χ2v) is 10.2. The molecule has 184 valence electrons. The summed E-state index contributed by atoms with van der Waals surface area (Å²) < 4.78 is 1.80. The number of amides is 3. The van der Waals surface area contributed by atoms with Gasteiger partial charge in [0.05, 0.1) is 0 Å². The highest BCUT2D eigenvalue weighted by Gasteiger charge is 2.37. The molecule has 8 heteroatoms. The lowest BCUT2D eigenvalue weighted by atomic mass is 9.83. The number of ketones is 1. The molecule has 1 aromatic carbocycles. The summed E-state index contributed by atoms with van der Waals surface area (Å²) in [4.78, 5) is 52.1. The van der Waals surface area contributed by atoms with E-state index >= 15 is 0 Å². The second-order valence-electron chi connectivity index (χ2n) is 10.2. The highest BCUT2D eigenvalue weighted by Crippen LogP contribution is 2.36. The number of Topliss-reactive ketones (excluding diaryl/α,β-unsaturated/α-hetero) is 1. The van der Waals surface area contributed by atoms with Crippen molar-refractivity contribution in [2.45, 2.75) is 57.9 Å². The zero-order chi connectivity index (χ0) is 24.5. The third-order valence-electron chi connectivity index (χ3n) is 7.67. The summed E-state index contributed by atoms with van der Waals surface area (Å²) in [7, 11) is 0. The van der Waals surface area contributed by atoms with Gasteiger partial charge in [0, 0.05) is 48.4 Å². The Hall–Kier alpha value is -3.42. The molecular weight excluding hydrogens is 444 g/mol. The molecule has 2 bridgehead atoms. The third kappa shape index (κ3) is 4.88. The van der Waals surface area contributed by atoms with E-state index in [1.807, 2.05) is 11.0 Å². The number of pyridine rings is 1. The van der Waals surface area contributed by atoms with Gasteiger partial charge in [-0.05, 0) is 68.5 Å². The molecular formula is C27H32N4O4. The van der Waals surface area contributed by atoms with E-state index in [2.05, 4.69) is 10.6 Å². The molecule has 2 N–H and O–H groups in total. The van der Waals surface area contributed by atoms with Gasteiger partial charge in [-0.15, -0.1) is 0 Å². The first kappa shape index (κ1) is 23.3. The molecule has 2 fully saturated rings. The summed E-state index contributed by atoms with van der Waals surface area (Å²) in [6.07, 6.45) is 6.03. The Kier molecular flexibility index (Phi) is 6.45. The summed E-state index contributed by atoms with van der Waals surface area (Å²) >= 11 is 0. The van der Waals surface area contributed by atoms with Crippen LogP contribution in [0.3, 0.4) is 0 Å². The van der Waals surface area contributed by atoms with Gasteiger partial charge in [-0.25, -0.2) is 4.79 Å². The van der Waals surface area contributed by atoms with Gasteiger partial charge in [-0.1, -0.05) is 19.3 Å². The molecule has 1 aliphatic carbocycles. The van der Waals surface area contributed by atoms with Crippen molar-refractivity contribution in [2.75, 3.05) is 23.7 Å². The first-order valence-electron chi connectivity index (χ1n) is 12.6. The SMILES string of the molecule is CC(=O)c1ccc(NC(=O)N2C[C@@H]3C[C@H](C2)c2ccc(NC(=O)C4CCCCC4)c(=O)n2C3)cc1. The van der Waals surface area contributed by atoms with Gasteiger partial charge in [0.25, 0.3) is 5.56 Å². The Balaban J connectivity index is 1.27. The van der Waals surface area contributed by atoms with Gasteiger partial charge in [0.1, 0.15) is 5.69 Å². The van der Waals surface area contributed by atoms with Gasteiger partial charge in [-0.2, -0.15) is 0 Å². The molecule has 3 amide bonds. The standard InChI is InChI=1S/C27H32N4O4/c1-17(32)19-7-9-22(10-8-19)28-27(35)30-14-18-13-21(16-30)24-12-11-23(26(34)31(24)15-18)29-25(33)20-5-3-2-4-6-20/h7-12,18,20-21H,2-6,13-16H2,1H3,(H,28,35)(H,29,33)/t18-,21+/m0/s1. The lowest BCUT2D eigenvalue weighted by molar-refractivity contribution is -0.120. The van der Waals surface area contributed by atoms with Crippen molar-refractivity contribution in [3.63, 3.8) is 0 Å². The summed E-state index contributed by atoms with van der Waals surface area (Å²) in [5.74, 6) is 0.183. The Morgan fingerprint density at radius 3 is 2.34 bits per heavy atom. The third-order valence-corrected chi connectivity index (χ3v) is 7.67. The number of nitrogens with zero attached hydrogens (tertiary/aromatic N) is 2. The van der Waals surface area contributed by atoms with Gasteiger partial charge < -0.3 is 20.1 Å². The number of hydrogen-bond donors (Lipinski definition) is 2. The van der Waals surface area contributed by atoms with E-state index < -0.39 is 0 Å². The number of anilines is 2. The highest BCUT2D eigenvalue weighted by atomic mass is 16.2. The minimum absolute atomic E-state index is 0.00528. The number of urea groups is 1. The number of rotatable bonds is 4. The zero-order valence-electron chi connectivity index (χ0n) is 20.1. The van der Waals surface area contributed by atoms with E-state index in [0.717, 1.165) is 37.8 Å². The van der Waals surface area contributed by atoms with Crippen LogP contribution in [-0.4, -0.2) is 40.3 Å². The summed E-state index contributed by atoms with van der Waals surface area (Å²) in [6.45, 7) is 3.14. The van der Waals surface area contributed by atoms with Crippen LogP contribution >= 0.6 is 0 Å². The molecule has 1 saturated carbocycles. The molecule has 35 heavy (non-hydrogen) atoms. The van der Waals surface area contributed by atoms with Crippen molar-refractivity contribution in [1.29, 1.82) is 0 Å². The molecule has 0 spiro atoms. The predicted molar refractivity (Wildman–Crippen MR) is 134 cm³/mol. The lowest BCUT2D eigenvalue weighted by Gasteiger charge is -2.42. The average Bonchev–Trinajstić information content (AvgIpc) is 2.86. The molecule has 2 aromatic rings. The van der Waals surface area contributed by atoms with Crippen molar-refractivity contribution < 1.29 is 14.4 Å². The minimum Gasteiger partial charge on any atom is -0.324 e.